The molecule has 4 heterocycles. The van der Waals surface area contributed by atoms with Gasteiger partial charge < -0.3 is 15.5 Å². The lowest BCUT2D eigenvalue weighted by Crippen LogP contribution is -2.34. The molecule has 0 amide bonds. The van der Waals surface area contributed by atoms with Crippen LogP contribution in [-0.4, -0.2) is 9.97 Å². The van der Waals surface area contributed by atoms with Crippen molar-refractivity contribution in [1.29, 1.82) is 10.5 Å². The Morgan fingerprint density at radius 3 is 2.16 bits per heavy atom. The molecule has 37 heavy (non-hydrogen) atoms. The van der Waals surface area contributed by atoms with Crippen LogP contribution in [0.25, 0.3) is 0 Å². The maximum absolute atomic E-state index is 13.7. The number of H-pyrrole nitrogens is 1. The fourth-order valence-corrected chi connectivity index (χ4v) is 6.11. The zero-order valence-corrected chi connectivity index (χ0v) is 19.5. The highest BCUT2D eigenvalue weighted by Crippen LogP contribution is 2.59. The Morgan fingerprint density at radius 2 is 1.57 bits per heavy atom. The number of anilines is 1. The number of benzene rings is 2. The van der Waals surface area contributed by atoms with E-state index in [1.54, 1.807) is 17.0 Å². The van der Waals surface area contributed by atoms with Crippen molar-refractivity contribution in [3.8, 4) is 12.1 Å². The Hall–Kier alpha value is -4.87. The summed E-state index contributed by atoms with van der Waals surface area (Å²) in [7, 11) is 0. The molecule has 3 aliphatic heterocycles. The van der Waals surface area contributed by atoms with Crippen molar-refractivity contribution < 1.29 is 13.5 Å². The van der Waals surface area contributed by atoms with Crippen LogP contribution < -0.4 is 16.2 Å². The predicted octanol–water partition coefficient (Wildman–Crippen LogP) is 4.16. The molecule has 0 saturated heterocycles. The van der Waals surface area contributed by atoms with E-state index in [2.05, 4.69) is 22.1 Å². The molecule has 11 heteroatoms. The molecule has 2 atom stereocenters. The molecule has 0 radical (unpaired) electrons. The first-order valence-electron chi connectivity index (χ1n) is 11.0. The summed E-state index contributed by atoms with van der Waals surface area (Å²) in [5, 5.41) is 20.6. The van der Waals surface area contributed by atoms with Crippen molar-refractivity contribution >= 4 is 17.6 Å². The number of aromatic nitrogens is 2. The predicted molar refractivity (Wildman–Crippen MR) is 130 cm³/mol. The number of aromatic amines is 1. The molecule has 6 rings (SSSR count). The molecule has 2 aromatic carbocycles. The van der Waals surface area contributed by atoms with Crippen LogP contribution in [0.5, 0.6) is 0 Å². The molecular weight excluding hydrogens is 498 g/mol. The Balaban J connectivity index is 1.60. The molecule has 1 aromatic heterocycles. The van der Waals surface area contributed by atoms with Crippen LogP contribution in [0, 0.1) is 34.3 Å². The van der Waals surface area contributed by atoms with Crippen LogP contribution in [0.4, 0.5) is 14.6 Å². The molecule has 0 spiro atoms. The fourth-order valence-electron chi connectivity index (χ4n) is 4.78. The molecule has 3 N–H and O–H groups in total. The molecule has 3 aromatic rings. The molecule has 2 unspecified atom stereocenters. The zero-order valence-electron chi connectivity index (χ0n) is 18.7. The largest absolute Gasteiger partial charge is 0.423 e. The molecule has 8 nitrogen and oxygen atoms in total. The summed E-state index contributed by atoms with van der Waals surface area (Å²) < 4.78 is 33.3. The third kappa shape index (κ3) is 3.33. The van der Waals surface area contributed by atoms with Gasteiger partial charge in [0.1, 0.15) is 28.3 Å². The molecule has 0 bridgehead atoms. The number of nitrogens with zero attached hydrogens (tertiary/aromatic N) is 4. The van der Waals surface area contributed by atoms with Gasteiger partial charge in [-0.05, 0) is 35.4 Å². The van der Waals surface area contributed by atoms with Gasteiger partial charge in [0.05, 0.1) is 40.3 Å². The topological polar surface area (TPSA) is 132 Å². The van der Waals surface area contributed by atoms with Gasteiger partial charge in [-0.15, -0.1) is 0 Å². The minimum atomic E-state index is -0.830. The van der Waals surface area contributed by atoms with Gasteiger partial charge in [0, 0.05) is 0 Å². The highest BCUT2D eigenvalue weighted by atomic mass is 32.2. The number of nitrogens with one attached hydrogen (secondary N) is 1. The number of allylic oxidation sites excluding steroid dienone is 3. The quantitative estimate of drug-likeness (QED) is 0.523. The average Bonchev–Trinajstić information content (AvgIpc) is 3.27. The number of halogens is 2. The molecule has 3 aliphatic rings. The van der Waals surface area contributed by atoms with E-state index in [0.717, 1.165) is 0 Å². The van der Waals surface area contributed by atoms with Gasteiger partial charge in [0.2, 0.25) is 11.8 Å². The Kier molecular flexibility index (Phi) is 5.10. The Bertz CT molecular complexity index is 1710. The normalized spacial score (nSPS) is 20.1. The highest BCUT2D eigenvalue weighted by molar-refractivity contribution is 8.07. The molecule has 0 fully saturated rings. The van der Waals surface area contributed by atoms with E-state index < -0.39 is 29.0 Å². The van der Waals surface area contributed by atoms with Crippen molar-refractivity contribution in [3.63, 3.8) is 0 Å². The van der Waals surface area contributed by atoms with Gasteiger partial charge in [0.25, 0.3) is 5.56 Å². The highest BCUT2D eigenvalue weighted by Gasteiger charge is 2.48. The standard InChI is InChI=1S/C26H14F2N6O2S/c27-14-5-1-12(2-6-14)18-17(10-30)26-34(23-20(18)24(35)33-11-32-23)25-21(37-26)19(16(9-29)22(31)36-25)13-3-7-15(28)8-4-13/h1-8,11,18-19H,31H2,(H,32,33,35). The number of rotatable bonds is 2. The van der Waals surface area contributed by atoms with E-state index in [9.17, 15) is 24.1 Å². The monoisotopic (exact) mass is 512 g/mol. The smallest absolute Gasteiger partial charge is 0.257 e. The second-order valence-corrected chi connectivity index (χ2v) is 9.40. The summed E-state index contributed by atoms with van der Waals surface area (Å²) in [6, 6.07) is 15.5. The summed E-state index contributed by atoms with van der Waals surface area (Å²) in [6.07, 6.45) is 1.24. The summed E-state index contributed by atoms with van der Waals surface area (Å²) >= 11 is 1.19. The SMILES string of the molecule is N#CC1=C(N)OC2=C(SC3=C(C#N)C(c4ccc(F)cc4)c4c(nc[nH]c4=O)N23)C1c1ccc(F)cc1. The third-order valence-electron chi connectivity index (χ3n) is 6.38. The van der Waals surface area contributed by atoms with Crippen molar-refractivity contribution in [3.05, 3.63) is 126 Å². The number of hydrogen-bond acceptors (Lipinski definition) is 8. The Morgan fingerprint density at radius 1 is 0.973 bits per heavy atom. The maximum atomic E-state index is 13.7. The second-order valence-electron chi connectivity index (χ2n) is 8.37. The van der Waals surface area contributed by atoms with Gasteiger partial charge in [-0.1, -0.05) is 36.0 Å². The number of thioether (sulfide) groups is 1. The van der Waals surface area contributed by atoms with Gasteiger partial charge in [-0.3, -0.25) is 9.69 Å². The summed E-state index contributed by atoms with van der Waals surface area (Å²) in [4.78, 5) is 22.1. The van der Waals surface area contributed by atoms with E-state index in [0.29, 0.717) is 21.1 Å². The Labute approximate surface area is 212 Å². The summed E-state index contributed by atoms with van der Waals surface area (Å²) in [5.74, 6) is -2.16. The minimum Gasteiger partial charge on any atom is -0.423 e. The van der Waals surface area contributed by atoms with Crippen LogP contribution >= 0.6 is 11.8 Å². The van der Waals surface area contributed by atoms with Gasteiger partial charge in [-0.25, -0.2) is 13.8 Å². The van der Waals surface area contributed by atoms with Crippen molar-refractivity contribution in [1.82, 2.24) is 9.97 Å². The molecular formula is C26H14F2N6O2S. The van der Waals surface area contributed by atoms with E-state index in [1.807, 2.05) is 0 Å². The summed E-state index contributed by atoms with van der Waals surface area (Å²) in [5.41, 5.74) is 7.34. The lowest BCUT2D eigenvalue weighted by atomic mass is 9.84. The van der Waals surface area contributed by atoms with Crippen LogP contribution in [0.1, 0.15) is 28.5 Å². The average molecular weight is 513 g/mol. The summed E-state index contributed by atoms with van der Waals surface area (Å²) in [6.45, 7) is 0. The molecule has 180 valence electrons. The van der Waals surface area contributed by atoms with Crippen LogP contribution in [0.3, 0.4) is 0 Å². The number of fused-ring (bicyclic) bond motifs is 4. The number of nitrogens with two attached hydrogens (primary N) is 1. The van der Waals surface area contributed by atoms with Crippen LogP contribution in [0.2, 0.25) is 0 Å². The zero-order chi connectivity index (χ0) is 25.8. The van der Waals surface area contributed by atoms with Gasteiger partial charge in [0.15, 0.2) is 5.82 Å². The van der Waals surface area contributed by atoms with Crippen LogP contribution in [-0.2, 0) is 4.74 Å². The second kappa shape index (κ2) is 8.36. The first kappa shape index (κ1) is 22.6. The minimum absolute atomic E-state index is 0.131. The number of ether oxygens (including phenoxy) is 1. The molecule has 0 saturated carbocycles. The van der Waals surface area contributed by atoms with Crippen LogP contribution in [0.15, 0.2) is 92.5 Å². The lowest BCUT2D eigenvalue weighted by Gasteiger charge is -2.33. The fraction of sp³-hybridized carbons (Fsp3) is 0.0769. The van der Waals surface area contributed by atoms with Gasteiger partial charge in [-0.2, -0.15) is 10.5 Å². The van der Waals surface area contributed by atoms with E-state index in [-0.39, 0.29) is 34.3 Å². The first-order valence-corrected chi connectivity index (χ1v) is 11.8. The van der Waals surface area contributed by atoms with Crippen molar-refractivity contribution in [2.75, 3.05) is 4.90 Å². The maximum Gasteiger partial charge on any atom is 0.257 e. The lowest BCUT2D eigenvalue weighted by molar-refractivity contribution is 0.277. The molecule has 0 aliphatic carbocycles. The van der Waals surface area contributed by atoms with E-state index >= 15 is 0 Å². The number of nitriles is 2. The van der Waals surface area contributed by atoms with Crippen molar-refractivity contribution in [2.45, 2.75) is 11.8 Å². The van der Waals surface area contributed by atoms with Gasteiger partial charge >= 0.3 is 0 Å². The first-order chi connectivity index (χ1) is 17.9. The van der Waals surface area contributed by atoms with E-state index in [4.69, 9.17) is 10.5 Å². The van der Waals surface area contributed by atoms with Crippen molar-refractivity contribution in [2.24, 2.45) is 5.73 Å². The van der Waals surface area contributed by atoms with E-state index in [1.165, 1.54) is 54.5 Å². The third-order valence-corrected chi connectivity index (χ3v) is 7.61. The number of hydrogen-bond donors (Lipinski definition) is 2.